The van der Waals surface area contributed by atoms with E-state index in [4.69, 9.17) is 0 Å². The monoisotopic (exact) mass is 266 g/mol. The molecular weight excluding hydrogens is 244 g/mol. The molecule has 0 aliphatic carbocycles. The first-order valence-corrected chi connectivity index (χ1v) is 7.35. The van der Waals surface area contributed by atoms with Crippen LogP contribution in [-0.4, -0.2) is 20.1 Å². The molecule has 1 N–H and O–H groups in total. The minimum atomic E-state index is 0.414. The summed E-state index contributed by atoms with van der Waals surface area (Å²) >= 11 is 0. The van der Waals surface area contributed by atoms with Gasteiger partial charge < -0.3 is 10.2 Å². The van der Waals surface area contributed by atoms with Gasteiger partial charge in [-0.25, -0.2) is 0 Å². The second kappa shape index (κ2) is 5.68. The molecule has 1 aliphatic heterocycles. The van der Waals surface area contributed by atoms with Gasteiger partial charge in [0.25, 0.3) is 0 Å². The fourth-order valence-electron chi connectivity index (χ4n) is 2.77. The van der Waals surface area contributed by atoms with Crippen LogP contribution in [0.3, 0.4) is 0 Å². The molecule has 2 aromatic rings. The van der Waals surface area contributed by atoms with E-state index in [1.54, 1.807) is 0 Å². The molecule has 1 unspecified atom stereocenters. The number of anilines is 1. The molecule has 104 valence electrons. The molecule has 2 aromatic carbocycles. The van der Waals surface area contributed by atoms with E-state index in [0.29, 0.717) is 12.0 Å². The average molecular weight is 266 g/mol. The van der Waals surface area contributed by atoms with Crippen LogP contribution in [0, 0.1) is 0 Å². The molecule has 0 spiro atoms. The van der Waals surface area contributed by atoms with Gasteiger partial charge in [-0.2, -0.15) is 0 Å². The summed E-state index contributed by atoms with van der Waals surface area (Å²) in [6.07, 6.45) is 0. The maximum absolute atomic E-state index is 3.27. The Balaban J connectivity index is 1.62. The number of benzene rings is 2. The second-order valence-corrected chi connectivity index (χ2v) is 5.61. The molecule has 1 atom stereocenters. The van der Waals surface area contributed by atoms with Crippen molar-refractivity contribution in [1.82, 2.24) is 5.32 Å². The summed E-state index contributed by atoms with van der Waals surface area (Å²) in [5.74, 6) is 0.687. The Labute approximate surface area is 121 Å². The summed E-state index contributed by atoms with van der Waals surface area (Å²) in [6.45, 7) is 4.44. The lowest BCUT2D eigenvalue weighted by Crippen LogP contribution is -2.45. The summed E-state index contributed by atoms with van der Waals surface area (Å²) < 4.78 is 0. The highest BCUT2D eigenvalue weighted by atomic mass is 15.2. The Bertz CT molecular complexity index is 541. The van der Waals surface area contributed by atoms with Crippen molar-refractivity contribution < 1.29 is 0 Å². The van der Waals surface area contributed by atoms with E-state index in [1.165, 1.54) is 16.8 Å². The van der Waals surface area contributed by atoms with Crippen LogP contribution < -0.4 is 10.2 Å². The van der Waals surface area contributed by atoms with Crippen molar-refractivity contribution in [2.24, 2.45) is 0 Å². The third-order valence-electron chi connectivity index (χ3n) is 4.34. The summed E-state index contributed by atoms with van der Waals surface area (Å²) in [4.78, 5) is 2.45. The Hall–Kier alpha value is -1.80. The van der Waals surface area contributed by atoms with E-state index in [0.717, 1.165) is 13.1 Å². The van der Waals surface area contributed by atoms with Gasteiger partial charge in [0, 0.05) is 30.7 Å². The molecule has 0 aromatic heterocycles. The van der Waals surface area contributed by atoms with Crippen LogP contribution in [0.25, 0.3) is 0 Å². The summed E-state index contributed by atoms with van der Waals surface area (Å²) in [5, 5.41) is 3.27. The van der Waals surface area contributed by atoms with E-state index in [-0.39, 0.29) is 0 Å². The van der Waals surface area contributed by atoms with Gasteiger partial charge in [0.2, 0.25) is 0 Å². The molecule has 1 heterocycles. The lowest BCUT2D eigenvalue weighted by Gasteiger charge is -2.41. The lowest BCUT2D eigenvalue weighted by molar-refractivity contribution is 0.525. The first-order valence-electron chi connectivity index (χ1n) is 7.35. The Morgan fingerprint density at radius 2 is 1.65 bits per heavy atom. The zero-order chi connectivity index (χ0) is 13.9. The molecular formula is C18H22N2. The second-order valence-electron chi connectivity index (χ2n) is 5.61. The highest BCUT2D eigenvalue weighted by Gasteiger charge is 2.27. The fraction of sp³-hybridized carbons (Fsp3) is 0.333. The van der Waals surface area contributed by atoms with Gasteiger partial charge in [0.05, 0.1) is 0 Å². The minimum Gasteiger partial charge on any atom is -0.370 e. The van der Waals surface area contributed by atoms with Crippen LogP contribution in [0.4, 0.5) is 5.69 Å². The van der Waals surface area contributed by atoms with E-state index in [9.17, 15) is 0 Å². The van der Waals surface area contributed by atoms with Crippen molar-refractivity contribution in [2.75, 3.05) is 25.0 Å². The number of hydrogen-bond donors (Lipinski definition) is 1. The van der Waals surface area contributed by atoms with Crippen LogP contribution in [0.2, 0.25) is 0 Å². The predicted octanol–water partition coefficient (Wildman–Crippen LogP) is 3.57. The van der Waals surface area contributed by atoms with Gasteiger partial charge in [-0.3, -0.25) is 0 Å². The van der Waals surface area contributed by atoms with E-state index >= 15 is 0 Å². The normalized spacial score (nSPS) is 16.8. The molecule has 3 rings (SSSR count). The maximum atomic E-state index is 3.27. The lowest BCUT2D eigenvalue weighted by atomic mass is 9.91. The van der Waals surface area contributed by atoms with Crippen LogP contribution in [0.1, 0.15) is 30.0 Å². The van der Waals surface area contributed by atoms with Crippen LogP contribution in [-0.2, 0) is 0 Å². The van der Waals surface area contributed by atoms with Gasteiger partial charge in [0.15, 0.2) is 0 Å². The third-order valence-corrected chi connectivity index (χ3v) is 4.34. The molecule has 1 aliphatic rings. The van der Waals surface area contributed by atoms with Crippen molar-refractivity contribution in [2.45, 2.75) is 18.9 Å². The number of nitrogens with zero attached hydrogens (tertiary/aromatic N) is 1. The highest BCUT2D eigenvalue weighted by molar-refractivity contribution is 5.52. The summed E-state index contributed by atoms with van der Waals surface area (Å²) in [5.41, 5.74) is 4.14. The zero-order valence-corrected chi connectivity index (χ0v) is 12.2. The van der Waals surface area contributed by atoms with E-state index in [2.05, 4.69) is 71.7 Å². The van der Waals surface area contributed by atoms with Crippen molar-refractivity contribution in [1.29, 1.82) is 0 Å². The highest BCUT2D eigenvalue weighted by Crippen LogP contribution is 2.31. The van der Waals surface area contributed by atoms with Gasteiger partial charge >= 0.3 is 0 Å². The van der Waals surface area contributed by atoms with Crippen molar-refractivity contribution in [3.63, 3.8) is 0 Å². The van der Waals surface area contributed by atoms with Gasteiger partial charge in [0.1, 0.15) is 0 Å². The number of nitrogens with one attached hydrogen (secondary N) is 1. The van der Waals surface area contributed by atoms with Crippen molar-refractivity contribution in [3.8, 4) is 0 Å². The fourth-order valence-corrected chi connectivity index (χ4v) is 2.77. The molecule has 2 nitrogen and oxygen atoms in total. The molecule has 0 amide bonds. The van der Waals surface area contributed by atoms with Crippen molar-refractivity contribution >= 4 is 5.69 Å². The molecule has 20 heavy (non-hydrogen) atoms. The maximum Gasteiger partial charge on any atom is 0.0366 e. The van der Waals surface area contributed by atoms with Gasteiger partial charge in [-0.1, -0.05) is 42.5 Å². The predicted molar refractivity (Wildman–Crippen MR) is 85.3 cm³/mol. The molecule has 0 radical (unpaired) electrons. The smallest absolute Gasteiger partial charge is 0.0366 e. The Kier molecular flexibility index (Phi) is 3.75. The average Bonchev–Trinajstić information content (AvgIpc) is 2.47. The molecule has 0 saturated carbocycles. The van der Waals surface area contributed by atoms with Gasteiger partial charge in [-0.15, -0.1) is 0 Å². The van der Waals surface area contributed by atoms with Gasteiger partial charge in [-0.05, 0) is 37.2 Å². The zero-order valence-electron chi connectivity index (χ0n) is 12.2. The van der Waals surface area contributed by atoms with Crippen LogP contribution in [0.15, 0.2) is 54.6 Å². The Morgan fingerprint density at radius 1 is 1.00 bits per heavy atom. The topological polar surface area (TPSA) is 15.3 Å². The first kappa shape index (κ1) is 13.2. The first-order chi connectivity index (χ1) is 9.78. The molecule has 2 heteroatoms. The Morgan fingerprint density at radius 3 is 2.25 bits per heavy atom. The van der Waals surface area contributed by atoms with E-state index in [1.807, 2.05) is 7.05 Å². The molecule has 1 fully saturated rings. The summed E-state index contributed by atoms with van der Waals surface area (Å²) in [6, 6.07) is 20.2. The largest absolute Gasteiger partial charge is 0.370 e. The quantitative estimate of drug-likeness (QED) is 0.910. The number of hydrogen-bond acceptors (Lipinski definition) is 2. The third kappa shape index (κ3) is 2.56. The number of rotatable bonds is 4. The summed E-state index contributed by atoms with van der Waals surface area (Å²) in [7, 11) is 2.00. The van der Waals surface area contributed by atoms with Crippen LogP contribution >= 0.6 is 0 Å². The van der Waals surface area contributed by atoms with E-state index < -0.39 is 0 Å². The standard InChI is InChI=1S/C18H22N2/c1-14(19-2)15-8-10-18(11-9-15)20-12-17(13-20)16-6-4-3-5-7-16/h3-11,14,17,19H,12-13H2,1-2H3. The van der Waals surface area contributed by atoms with Crippen molar-refractivity contribution in [3.05, 3.63) is 65.7 Å². The van der Waals surface area contributed by atoms with Crippen LogP contribution in [0.5, 0.6) is 0 Å². The SMILES string of the molecule is CNC(C)c1ccc(N2CC(c3ccccc3)C2)cc1. The molecule has 1 saturated heterocycles. The minimum absolute atomic E-state index is 0.414. The molecule has 0 bridgehead atoms.